The fourth-order valence-electron chi connectivity index (χ4n) is 1.99. The Morgan fingerprint density at radius 3 is 2.45 bits per heavy atom. The molecule has 0 saturated carbocycles. The van der Waals surface area contributed by atoms with Crippen LogP contribution < -0.4 is 5.32 Å². The van der Waals surface area contributed by atoms with Crippen molar-refractivity contribution in [3.63, 3.8) is 0 Å². The predicted octanol–water partition coefficient (Wildman–Crippen LogP) is 4.58. The normalized spacial score (nSPS) is 10.6. The summed E-state index contributed by atoms with van der Waals surface area (Å²) in [5.74, 6) is 1.12. The van der Waals surface area contributed by atoms with Crippen LogP contribution in [0.15, 0.2) is 52.9 Å². The SMILES string of the molecule is Clc1ccc(NCc2nnc(Cc3ccccc3)o2)cc1Cl. The molecule has 0 amide bonds. The molecule has 1 heterocycles. The van der Waals surface area contributed by atoms with E-state index in [4.69, 9.17) is 27.6 Å². The summed E-state index contributed by atoms with van der Waals surface area (Å²) < 4.78 is 5.62. The van der Waals surface area contributed by atoms with Crippen LogP contribution in [0.3, 0.4) is 0 Å². The molecule has 0 bridgehead atoms. The van der Waals surface area contributed by atoms with E-state index in [1.165, 1.54) is 0 Å². The van der Waals surface area contributed by atoms with E-state index in [-0.39, 0.29) is 0 Å². The first-order valence-electron chi connectivity index (χ1n) is 6.75. The molecule has 0 atom stereocenters. The zero-order chi connectivity index (χ0) is 15.4. The lowest BCUT2D eigenvalue weighted by molar-refractivity contribution is 0.464. The summed E-state index contributed by atoms with van der Waals surface area (Å²) in [5, 5.41) is 12.3. The van der Waals surface area contributed by atoms with Gasteiger partial charge in [0.2, 0.25) is 11.8 Å². The van der Waals surface area contributed by atoms with Crippen molar-refractivity contribution in [3.05, 3.63) is 75.9 Å². The van der Waals surface area contributed by atoms with Crippen LogP contribution in [0.1, 0.15) is 17.3 Å². The highest BCUT2D eigenvalue weighted by atomic mass is 35.5. The van der Waals surface area contributed by atoms with Gasteiger partial charge in [-0.3, -0.25) is 0 Å². The number of hydrogen-bond donors (Lipinski definition) is 1. The van der Waals surface area contributed by atoms with Gasteiger partial charge in [-0.25, -0.2) is 0 Å². The molecule has 0 fully saturated rings. The number of benzene rings is 2. The average Bonchev–Trinajstić information content (AvgIpc) is 2.97. The molecular weight excluding hydrogens is 321 g/mol. The van der Waals surface area contributed by atoms with E-state index in [0.717, 1.165) is 11.3 Å². The zero-order valence-electron chi connectivity index (χ0n) is 11.6. The minimum absolute atomic E-state index is 0.430. The molecule has 0 saturated heterocycles. The molecule has 4 nitrogen and oxygen atoms in total. The van der Waals surface area contributed by atoms with Gasteiger partial charge in [-0.05, 0) is 23.8 Å². The third-order valence-electron chi connectivity index (χ3n) is 3.07. The van der Waals surface area contributed by atoms with Crippen molar-refractivity contribution in [1.82, 2.24) is 10.2 Å². The van der Waals surface area contributed by atoms with Crippen molar-refractivity contribution in [1.29, 1.82) is 0 Å². The monoisotopic (exact) mass is 333 g/mol. The van der Waals surface area contributed by atoms with E-state index >= 15 is 0 Å². The quantitative estimate of drug-likeness (QED) is 0.742. The first-order valence-corrected chi connectivity index (χ1v) is 7.50. The van der Waals surface area contributed by atoms with Crippen molar-refractivity contribution in [2.24, 2.45) is 0 Å². The van der Waals surface area contributed by atoms with Crippen LogP contribution in [0, 0.1) is 0 Å². The smallest absolute Gasteiger partial charge is 0.235 e. The highest BCUT2D eigenvalue weighted by molar-refractivity contribution is 6.42. The van der Waals surface area contributed by atoms with Crippen LogP contribution in [-0.2, 0) is 13.0 Å². The Balaban J connectivity index is 1.61. The van der Waals surface area contributed by atoms with Crippen LogP contribution in [-0.4, -0.2) is 10.2 Å². The van der Waals surface area contributed by atoms with Gasteiger partial charge in [0.15, 0.2) is 0 Å². The van der Waals surface area contributed by atoms with Crippen molar-refractivity contribution in [2.45, 2.75) is 13.0 Å². The lowest BCUT2D eigenvalue weighted by Gasteiger charge is -2.04. The second-order valence-corrected chi connectivity index (χ2v) is 5.55. The highest BCUT2D eigenvalue weighted by Crippen LogP contribution is 2.25. The fourth-order valence-corrected chi connectivity index (χ4v) is 2.28. The van der Waals surface area contributed by atoms with E-state index < -0.39 is 0 Å². The molecule has 3 aromatic rings. The maximum atomic E-state index is 5.97. The second-order valence-electron chi connectivity index (χ2n) is 4.73. The van der Waals surface area contributed by atoms with Gasteiger partial charge in [0.1, 0.15) is 0 Å². The molecule has 2 aromatic carbocycles. The molecule has 0 spiro atoms. The molecule has 0 aliphatic heterocycles. The van der Waals surface area contributed by atoms with Gasteiger partial charge < -0.3 is 9.73 Å². The standard InChI is InChI=1S/C16H13Cl2N3O/c17-13-7-6-12(9-14(13)18)19-10-16-21-20-15(22-16)8-11-4-2-1-3-5-11/h1-7,9,19H,8,10H2. The summed E-state index contributed by atoms with van der Waals surface area (Å²) in [6.45, 7) is 0.430. The summed E-state index contributed by atoms with van der Waals surface area (Å²) in [4.78, 5) is 0. The number of nitrogens with one attached hydrogen (secondary N) is 1. The maximum absolute atomic E-state index is 5.97. The van der Waals surface area contributed by atoms with Crippen LogP contribution in [0.5, 0.6) is 0 Å². The largest absolute Gasteiger partial charge is 0.423 e. The number of hydrogen-bond acceptors (Lipinski definition) is 4. The first-order chi connectivity index (χ1) is 10.7. The van der Waals surface area contributed by atoms with Gasteiger partial charge in [0.05, 0.1) is 23.0 Å². The minimum atomic E-state index is 0.430. The number of rotatable bonds is 5. The Bertz CT molecular complexity index is 759. The fraction of sp³-hybridized carbons (Fsp3) is 0.125. The Hall–Kier alpha value is -2.04. The third-order valence-corrected chi connectivity index (χ3v) is 3.81. The van der Waals surface area contributed by atoms with Crippen molar-refractivity contribution >= 4 is 28.9 Å². The average molecular weight is 334 g/mol. The summed E-state index contributed by atoms with van der Waals surface area (Å²) in [6, 6.07) is 15.3. The van der Waals surface area contributed by atoms with Crippen molar-refractivity contribution in [2.75, 3.05) is 5.32 Å². The van der Waals surface area contributed by atoms with Crippen molar-refractivity contribution < 1.29 is 4.42 Å². The molecule has 22 heavy (non-hydrogen) atoms. The zero-order valence-corrected chi connectivity index (χ0v) is 13.1. The first kappa shape index (κ1) is 14.9. The minimum Gasteiger partial charge on any atom is -0.423 e. The van der Waals surface area contributed by atoms with Gasteiger partial charge in [0, 0.05) is 5.69 Å². The van der Waals surface area contributed by atoms with Crippen LogP contribution in [0.4, 0.5) is 5.69 Å². The third kappa shape index (κ3) is 3.78. The Morgan fingerprint density at radius 1 is 0.909 bits per heavy atom. The molecule has 1 N–H and O–H groups in total. The highest BCUT2D eigenvalue weighted by Gasteiger charge is 2.07. The number of aromatic nitrogens is 2. The topological polar surface area (TPSA) is 51.0 Å². The van der Waals surface area contributed by atoms with Crippen LogP contribution in [0.2, 0.25) is 10.0 Å². The maximum Gasteiger partial charge on any atom is 0.235 e. The van der Waals surface area contributed by atoms with Crippen molar-refractivity contribution in [3.8, 4) is 0 Å². The van der Waals surface area contributed by atoms with Gasteiger partial charge in [-0.2, -0.15) is 0 Å². The second kappa shape index (κ2) is 6.81. The lowest BCUT2D eigenvalue weighted by Crippen LogP contribution is -1.99. The molecular formula is C16H13Cl2N3O. The van der Waals surface area contributed by atoms with E-state index in [9.17, 15) is 0 Å². The number of halogens is 2. The summed E-state index contributed by atoms with van der Waals surface area (Å²) in [7, 11) is 0. The molecule has 112 valence electrons. The van der Waals surface area contributed by atoms with E-state index in [2.05, 4.69) is 15.5 Å². The predicted molar refractivity (Wildman–Crippen MR) is 87.3 cm³/mol. The van der Waals surface area contributed by atoms with Crippen LogP contribution >= 0.6 is 23.2 Å². The molecule has 0 aliphatic rings. The lowest BCUT2D eigenvalue weighted by atomic mass is 10.2. The number of nitrogens with zero attached hydrogens (tertiary/aromatic N) is 2. The molecule has 0 aliphatic carbocycles. The summed E-state index contributed by atoms with van der Waals surface area (Å²) in [5.41, 5.74) is 1.98. The van der Waals surface area contributed by atoms with Gasteiger partial charge >= 0.3 is 0 Å². The van der Waals surface area contributed by atoms with Gasteiger partial charge in [0.25, 0.3) is 0 Å². The van der Waals surface area contributed by atoms with E-state index in [1.807, 2.05) is 36.4 Å². The summed E-state index contributed by atoms with van der Waals surface area (Å²) in [6.07, 6.45) is 0.626. The van der Waals surface area contributed by atoms with Gasteiger partial charge in [-0.15, -0.1) is 10.2 Å². The molecule has 0 unspecified atom stereocenters. The molecule has 6 heteroatoms. The summed E-state index contributed by atoms with van der Waals surface area (Å²) >= 11 is 11.8. The Kier molecular flexibility index (Phi) is 4.61. The molecule has 0 radical (unpaired) electrons. The van der Waals surface area contributed by atoms with E-state index in [1.54, 1.807) is 12.1 Å². The van der Waals surface area contributed by atoms with Crippen LogP contribution in [0.25, 0.3) is 0 Å². The Labute approximate surface area is 138 Å². The molecule has 1 aromatic heterocycles. The number of anilines is 1. The van der Waals surface area contributed by atoms with E-state index in [0.29, 0.717) is 34.8 Å². The molecule has 3 rings (SSSR count). The van der Waals surface area contributed by atoms with Gasteiger partial charge in [-0.1, -0.05) is 53.5 Å². The Morgan fingerprint density at radius 2 is 1.68 bits per heavy atom.